The maximum Gasteiger partial charge on any atom is 0.150 e. The highest BCUT2D eigenvalue weighted by molar-refractivity contribution is 5.87. The number of aldehydes is 1. The van der Waals surface area contributed by atoms with E-state index in [0.717, 1.165) is 17.4 Å². The van der Waals surface area contributed by atoms with Gasteiger partial charge < -0.3 is 0 Å². The van der Waals surface area contributed by atoms with E-state index in [1.165, 1.54) is 6.08 Å². The van der Waals surface area contributed by atoms with Crippen LogP contribution in [-0.4, -0.2) is 16.1 Å². The van der Waals surface area contributed by atoms with E-state index < -0.39 is 0 Å². The number of carbonyl (C=O) groups excluding carboxylic acids is 1. The van der Waals surface area contributed by atoms with Crippen LogP contribution >= 0.6 is 0 Å². The molecule has 0 amide bonds. The van der Waals surface area contributed by atoms with Crippen LogP contribution in [0.5, 0.6) is 0 Å². The fraction of sp³-hybridized carbons (Fsp3) is 0.0667. The maximum atomic E-state index is 11.1. The number of aromatic nitrogens is 2. The molecule has 0 unspecified atom stereocenters. The molecular formula is C15H11N2O. The van der Waals surface area contributed by atoms with E-state index in [4.69, 9.17) is 13.0 Å². The van der Waals surface area contributed by atoms with Crippen molar-refractivity contribution in [3.05, 3.63) is 47.8 Å². The number of hydrogen-bond donors (Lipinski definition) is 0. The Bertz CT molecular complexity index is 660. The highest BCUT2D eigenvalue weighted by Crippen LogP contribution is 2.25. The lowest BCUT2D eigenvalue weighted by Gasteiger charge is -2.06. The van der Waals surface area contributed by atoms with Crippen molar-refractivity contribution in [2.45, 2.75) is 0 Å². The summed E-state index contributed by atoms with van der Waals surface area (Å²) >= 11 is 0. The molecule has 0 saturated carbocycles. The van der Waals surface area contributed by atoms with Crippen LogP contribution in [-0.2, 0) is 7.05 Å². The van der Waals surface area contributed by atoms with Gasteiger partial charge in [0.15, 0.2) is 6.29 Å². The first-order valence-electron chi connectivity index (χ1n) is 5.33. The number of rotatable bonds is 3. The van der Waals surface area contributed by atoms with Crippen molar-refractivity contribution in [2.75, 3.05) is 0 Å². The number of carbonyl (C=O) groups is 1. The van der Waals surface area contributed by atoms with Crippen molar-refractivity contribution in [1.29, 1.82) is 0 Å². The van der Waals surface area contributed by atoms with Gasteiger partial charge in [0.1, 0.15) is 0 Å². The van der Waals surface area contributed by atoms with Crippen LogP contribution in [0.4, 0.5) is 0 Å². The molecule has 3 heteroatoms. The molecule has 0 bridgehead atoms. The third-order valence-electron chi connectivity index (χ3n) is 2.70. The molecule has 1 aromatic carbocycles. The molecule has 18 heavy (non-hydrogen) atoms. The van der Waals surface area contributed by atoms with Crippen LogP contribution in [0.3, 0.4) is 0 Å². The van der Waals surface area contributed by atoms with Gasteiger partial charge in [-0.25, -0.2) is 0 Å². The van der Waals surface area contributed by atoms with Crippen molar-refractivity contribution in [2.24, 2.45) is 7.05 Å². The topological polar surface area (TPSA) is 34.9 Å². The molecule has 1 radical (unpaired) electrons. The highest BCUT2D eigenvalue weighted by atomic mass is 16.1. The number of hydrogen-bond acceptors (Lipinski definition) is 2. The number of aryl methyl sites for hydroxylation is 1. The third-order valence-corrected chi connectivity index (χ3v) is 2.70. The van der Waals surface area contributed by atoms with Crippen molar-refractivity contribution >= 4 is 12.4 Å². The van der Waals surface area contributed by atoms with Gasteiger partial charge in [0.25, 0.3) is 0 Å². The molecule has 0 saturated heterocycles. The van der Waals surface area contributed by atoms with Gasteiger partial charge >= 0.3 is 0 Å². The van der Waals surface area contributed by atoms with E-state index >= 15 is 0 Å². The summed E-state index contributed by atoms with van der Waals surface area (Å²) in [7, 11) is 1.83. The van der Waals surface area contributed by atoms with Crippen LogP contribution in [0.1, 0.15) is 21.5 Å². The molecule has 2 aromatic rings. The van der Waals surface area contributed by atoms with Crippen molar-refractivity contribution in [3.63, 3.8) is 0 Å². The third kappa shape index (κ3) is 1.96. The molecule has 0 aliphatic rings. The van der Waals surface area contributed by atoms with Gasteiger partial charge in [0.05, 0.1) is 6.20 Å². The Hall–Kier alpha value is -2.60. The Morgan fingerprint density at radius 2 is 2.17 bits per heavy atom. The molecule has 87 valence electrons. The Kier molecular flexibility index (Phi) is 3.11. The Labute approximate surface area is 106 Å². The Morgan fingerprint density at radius 1 is 1.39 bits per heavy atom. The summed E-state index contributed by atoms with van der Waals surface area (Å²) in [5.74, 6) is 2.54. The minimum Gasteiger partial charge on any atom is -0.298 e. The SMILES string of the molecule is [CH]=Cc1c(C#C)cc(-c2cnn(C)c2)cc1C=O. The highest BCUT2D eigenvalue weighted by Gasteiger charge is 2.09. The van der Waals surface area contributed by atoms with Gasteiger partial charge in [-0.1, -0.05) is 18.6 Å². The van der Waals surface area contributed by atoms with Crippen LogP contribution in [0, 0.1) is 18.9 Å². The Balaban J connectivity index is 2.68. The number of benzene rings is 1. The average Bonchev–Trinajstić information content (AvgIpc) is 2.83. The first-order chi connectivity index (χ1) is 8.69. The molecule has 0 N–H and O–H groups in total. The lowest BCUT2D eigenvalue weighted by atomic mass is 9.96. The molecule has 0 aliphatic heterocycles. The zero-order chi connectivity index (χ0) is 13.1. The van der Waals surface area contributed by atoms with Crippen molar-refractivity contribution in [1.82, 2.24) is 9.78 Å². The second kappa shape index (κ2) is 4.72. The first-order valence-corrected chi connectivity index (χ1v) is 5.33. The lowest BCUT2D eigenvalue weighted by molar-refractivity contribution is 0.112. The van der Waals surface area contributed by atoms with Crippen molar-refractivity contribution in [3.8, 4) is 23.5 Å². The maximum absolute atomic E-state index is 11.1. The standard InChI is InChI=1S/C15H11N2O/c1-4-11-6-12(14-8-16-17(3)9-14)7-13(10-18)15(11)5-2/h1-2,5-10H,3H3. The van der Waals surface area contributed by atoms with Crippen molar-refractivity contribution < 1.29 is 4.79 Å². The van der Waals surface area contributed by atoms with Crippen LogP contribution in [0.25, 0.3) is 17.2 Å². The first kappa shape index (κ1) is 11.9. The summed E-state index contributed by atoms with van der Waals surface area (Å²) in [4.78, 5) is 11.1. The fourth-order valence-electron chi connectivity index (χ4n) is 1.82. The average molecular weight is 235 g/mol. The quantitative estimate of drug-likeness (QED) is 0.604. The van der Waals surface area contributed by atoms with Gasteiger partial charge in [-0.05, 0) is 17.7 Å². The van der Waals surface area contributed by atoms with E-state index in [-0.39, 0.29) is 0 Å². The smallest absolute Gasteiger partial charge is 0.150 e. The van der Waals surface area contributed by atoms with Gasteiger partial charge in [0.2, 0.25) is 0 Å². The van der Waals surface area contributed by atoms with E-state index in [1.54, 1.807) is 16.9 Å². The predicted octanol–water partition coefficient (Wildman–Crippen LogP) is 2.33. The fourth-order valence-corrected chi connectivity index (χ4v) is 1.82. The van der Waals surface area contributed by atoms with Crippen LogP contribution < -0.4 is 0 Å². The summed E-state index contributed by atoms with van der Waals surface area (Å²) < 4.78 is 1.69. The second-order valence-electron chi connectivity index (χ2n) is 3.86. The molecule has 3 nitrogen and oxygen atoms in total. The molecule has 1 heterocycles. The molecule has 0 aliphatic carbocycles. The molecule has 1 aromatic heterocycles. The summed E-state index contributed by atoms with van der Waals surface area (Å²) in [6.07, 6.45) is 11.1. The van der Waals surface area contributed by atoms with E-state index in [2.05, 4.69) is 11.0 Å². The number of terminal acetylenes is 1. The molecule has 0 atom stereocenters. The summed E-state index contributed by atoms with van der Waals surface area (Å²) in [6.45, 7) is 5.50. The summed E-state index contributed by atoms with van der Waals surface area (Å²) in [6, 6.07) is 3.58. The van der Waals surface area contributed by atoms with Gasteiger partial charge in [-0.15, -0.1) is 6.42 Å². The molecule has 0 fully saturated rings. The van der Waals surface area contributed by atoms with Gasteiger partial charge in [0, 0.05) is 35.5 Å². The molecular weight excluding hydrogens is 224 g/mol. The largest absolute Gasteiger partial charge is 0.298 e. The van der Waals surface area contributed by atoms with Gasteiger partial charge in [-0.2, -0.15) is 5.10 Å². The summed E-state index contributed by atoms with van der Waals surface area (Å²) in [5, 5.41) is 4.09. The zero-order valence-electron chi connectivity index (χ0n) is 9.92. The second-order valence-corrected chi connectivity index (χ2v) is 3.86. The van der Waals surface area contributed by atoms with E-state index in [1.807, 2.05) is 19.3 Å². The number of nitrogens with zero attached hydrogens (tertiary/aromatic N) is 2. The van der Waals surface area contributed by atoms with Crippen LogP contribution in [0.2, 0.25) is 0 Å². The van der Waals surface area contributed by atoms with E-state index in [0.29, 0.717) is 16.7 Å². The normalized spacial score (nSPS) is 9.78. The zero-order valence-corrected chi connectivity index (χ0v) is 9.92. The Morgan fingerprint density at radius 3 is 2.67 bits per heavy atom. The molecule has 0 spiro atoms. The summed E-state index contributed by atoms with van der Waals surface area (Å²) in [5.41, 5.74) is 3.41. The van der Waals surface area contributed by atoms with Crippen LogP contribution in [0.15, 0.2) is 24.5 Å². The minimum atomic E-state index is 0.479. The van der Waals surface area contributed by atoms with E-state index in [9.17, 15) is 4.79 Å². The lowest BCUT2D eigenvalue weighted by Crippen LogP contribution is -1.93. The monoisotopic (exact) mass is 235 g/mol. The minimum absolute atomic E-state index is 0.479. The molecule has 2 rings (SSSR count). The van der Waals surface area contributed by atoms with Gasteiger partial charge in [-0.3, -0.25) is 9.48 Å². The predicted molar refractivity (Wildman–Crippen MR) is 70.7 cm³/mol.